The van der Waals surface area contributed by atoms with Crippen molar-refractivity contribution >= 4 is 29.3 Å². The van der Waals surface area contributed by atoms with E-state index in [2.05, 4.69) is 6.58 Å². The number of carboxylic acid groups (broad SMARTS) is 1. The molecule has 2 aromatic carbocycles. The van der Waals surface area contributed by atoms with Crippen molar-refractivity contribution in [2.45, 2.75) is 18.6 Å². The number of halogens is 2. The molecule has 174 valence electrons. The Morgan fingerprint density at radius 3 is 2.19 bits per heavy atom. The van der Waals surface area contributed by atoms with E-state index in [9.17, 15) is 9.90 Å². The van der Waals surface area contributed by atoms with Crippen LogP contribution in [0.1, 0.15) is 17.5 Å². The first-order valence-corrected chi connectivity index (χ1v) is 10.4. The Kier molecular flexibility index (Phi) is 9.07. The van der Waals surface area contributed by atoms with Gasteiger partial charge in [-0.3, -0.25) is 4.90 Å². The summed E-state index contributed by atoms with van der Waals surface area (Å²) in [5, 5.41) is 10.5. The normalized spacial score (nSPS) is 12.6. The van der Waals surface area contributed by atoms with Gasteiger partial charge in [0.2, 0.25) is 5.75 Å². The van der Waals surface area contributed by atoms with Crippen molar-refractivity contribution in [2.24, 2.45) is 0 Å². The third kappa shape index (κ3) is 5.41. The Morgan fingerprint density at radius 1 is 1.09 bits per heavy atom. The van der Waals surface area contributed by atoms with E-state index in [4.69, 9.17) is 42.1 Å². The molecule has 7 nitrogen and oxygen atoms in total. The maximum absolute atomic E-state index is 11.9. The fraction of sp³-hybridized carbons (Fsp3) is 0.348. The lowest BCUT2D eigenvalue weighted by molar-refractivity contribution is 0.000686. The van der Waals surface area contributed by atoms with Gasteiger partial charge in [-0.2, -0.15) is 0 Å². The summed E-state index contributed by atoms with van der Waals surface area (Å²) >= 11 is 12.3. The van der Waals surface area contributed by atoms with Crippen LogP contribution in [0, 0.1) is 0 Å². The Morgan fingerprint density at radius 2 is 1.72 bits per heavy atom. The van der Waals surface area contributed by atoms with Crippen molar-refractivity contribution in [1.82, 2.24) is 4.90 Å². The number of carbonyl (C=O) groups is 1. The quantitative estimate of drug-likeness (QED) is 0.418. The fourth-order valence-corrected chi connectivity index (χ4v) is 3.75. The van der Waals surface area contributed by atoms with Crippen molar-refractivity contribution in [2.75, 3.05) is 35.0 Å². The highest BCUT2D eigenvalue weighted by atomic mass is 35.5. The zero-order chi connectivity index (χ0) is 23.9. The Balaban J connectivity index is 2.39. The SMILES string of the molecule is C=CC[C@@](COCc1cc(OC)c(OC)c(OC)c1)(c1ccc(Cl)c(Cl)c1)N(C)C(=O)O. The minimum atomic E-state index is -1.12. The first-order chi connectivity index (χ1) is 15.2. The van der Waals surface area contributed by atoms with Crippen molar-refractivity contribution in [3.05, 3.63) is 64.2 Å². The van der Waals surface area contributed by atoms with Gasteiger partial charge in [0.15, 0.2) is 11.5 Å². The number of nitrogens with zero attached hydrogens (tertiary/aromatic N) is 1. The molecule has 0 aliphatic rings. The summed E-state index contributed by atoms with van der Waals surface area (Å²) in [5.41, 5.74) is 0.336. The van der Waals surface area contributed by atoms with Crippen LogP contribution in [0.15, 0.2) is 43.0 Å². The highest BCUT2D eigenvalue weighted by Crippen LogP contribution is 2.39. The van der Waals surface area contributed by atoms with E-state index in [0.717, 1.165) is 5.56 Å². The van der Waals surface area contributed by atoms with Gasteiger partial charge in [0.25, 0.3) is 0 Å². The lowest BCUT2D eigenvalue weighted by atomic mass is 9.85. The molecular formula is C23H27Cl2NO6. The minimum absolute atomic E-state index is 0.0381. The Hall–Kier alpha value is -2.61. The van der Waals surface area contributed by atoms with Gasteiger partial charge in [0.05, 0.1) is 50.1 Å². The van der Waals surface area contributed by atoms with Crippen LogP contribution in [-0.2, 0) is 16.9 Å². The van der Waals surface area contributed by atoms with Crippen molar-refractivity contribution in [3.63, 3.8) is 0 Å². The summed E-state index contributed by atoms with van der Waals surface area (Å²) < 4.78 is 22.1. The van der Waals surface area contributed by atoms with Gasteiger partial charge < -0.3 is 24.1 Å². The van der Waals surface area contributed by atoms with E-state index in [1.165, 1.54) is 33.3 Å². The van der Waals surface area contributed by atoms with E-state index in [0.29, 0.717) is 39.3 Å². The zero-order valence-electron chi connectivity index (χ0n) is 18.5. The predicted octanol–water partition coefficient (Wildman–Crippen LogP) is 5.62. The van der Waals surface area contributed by atoms with Gasteiger partial charge in [-0.1, -0.05) is 35.3 Å². The first kappa shape index (κ1) is 25.6. The number of benzene rings is 2. The molecule has 0 fully saturated rings. The number of hydrogen-bond donors (Lipinski definition) is 1. The van der Waals surface area contributed by atoms with Crippen LogP contribution in [0.3, 0.4) is 0 Å². The van der Waals surface area contributed by atoms with Crippen LogP contribution < -0.4 is 14.2 Å². The third-order valence-corrected chi connectivity index (χ3v) is 5.94. The van der Waals surface area contributed by atoms with Gasteiger partial charge in [-0.05, 0) is 41.8 Å². The van der Waals surface area contributed by atoms with Crippen LogP contribution in [0.5, 0.6) is 17.2 Å². The number of hydrogen-bond acceptors (Lipinski definition) is 5. The topological polar surface area (TPSA) is 77.5 Å². The van der Waals surface area contributed by atoms with Gasteiger partial charge in [-0.25, -0.2) is 4.79 Å². The molecule has 2 aromatic rings. The molecule has 0 spiro atoms. The van der Waals surface area contributed by atoms with Crippen molar-refractivity contribution in [1.29, 1.82) is 0 Å². The molecule has 32 heavy (non-hydrogen) atoms. The molecule has 2 rings (SSSR count). The smallest absolute Gasteiger partial charge is 0.407 e. The van der Waals surface area contributed by atoms with E-state index in [-0.39, 0.29) is 13.2 Å². The van der Waals surface area contributed by atoms with Crippen molar-refractivity contribution < 1.29 is 28.8 Å². The van der Waals surface area contributed by atoms with Crippen LogP contribution in [0.25, 0.3) is 0 Å². The number of methoxy groups -OCH3 is 3. The second-order valence-electron chi connectivity index (χ2n) is 7.02. The highest BCUT2D eigenvalue weighted by molar-refractivity contribution is 6.42. The van der Waals surface area contributed by atoms with Gasteiger partial charge >= 0.3 is 6.09 Å². The summed E-state index contributed by atoms with van der Waals surface area (Å²) in [6.45, 7) is 4.01. The fourth-order valence-electron chi connectivity index (χ4n) is 3.45. The zero-order valence-corrected chi connectivity index (χ0v) is 20.0. The van der Waals surface area contributed by atoms with Crippen LogP contribution in [-0.4, -0.2) is 51.1 Å². The molecule has 0 saturated carbocycles. The molecule has 0 radical (unpaired) electrons. The van der Waals surface area contributed by atoms with E-state index in [1.807, 2.05) is 0 Å². The number of likely N-dealkylation sites (N-methyl/N-ethyl adjacent to an activating group) is 1. The van der Waals surface area contributed by atoms with Crippen LogP contribution in [0.4, 0.5) is 4.79 Å². The molecule has 0 bridgehead atoms. The number of rotatable bonds is 11. The molecule has 9 heteroatoms. The van der Waals surface area contributed by atoms with E-state index < -0.39 is 11.6 Å². The molecular weight excluding hydrogens is 457 g/mol. The average Bonchev–Trinajstić information content (AvgIpc) is 2.78. The molecule has 1 amide bonds. The molecule has 0 heterocycles. The molecule has 0 aromatic heterocycles. The number of ether oxygens (including phenoxy) is 4. The van der Waals surface area contributed by atoms with E-state index in [1.54, 1.807) is 36.4 Å². The van der Waals surface area contributed by atoms with Gasteiger partial charge in [0, 0.05) is 7.05 Å². The van der Waals surface area contributed by atoms with Crippen molar-refractivity contribution in [3.8, 4) is 17.2 Å². The summed E-state index contributed by atoms with van der Waals surface area (Å²) in [6.07, 6.45) is 0.822. The lowest BCUT2D eigenvalue weighted by Gasteiger charge is -2.40. The summed E-state index contributed by atoms with van der Waals surface area (Å²) in [4.78, 5) is 13.1. The molecule has 0 unspecified atom stereocenters. The minimum Gasteiger partial charge on any atom is -0.493 e. The Labute approximate surface area is 198 Å². The summed E-state index contributed by atoms with van der Waals surface area (Å²) in [5.74, 6) is 1.46. The summed E-state index contributed by atoms with van der Waals surface area (Å²) in [7, 11) is 6.07. The third-order valence-electron chi connectivity index (χ3n) is 5.20. The van der Waals surface area contributed by atoms with Gasteiger partial charge in [-0.15, -0.1) is 6.58 Å². The van der Waals surface area contributed by atoms with E-state index >= 15 is 0 Å². The van der Waals surface area contributed by atoms with Gasteiger partial charge in [0.1, 0.15) is 0 Å². The molecule has 0 saturated heterocycles. The molecule has 1 atom stereocenters. The predicted molar refractivity (Wildman–Crippen MR) is 124 cm³/mol. The first-order valence-electron chi connectivity index (χ1n) is 9.63. The standard InChI is InChI=1S/C23H27Cl2NO6/c1-6-9-23(26(2)22(27)28,16-7-8-17(24)18(25)12-16)14-32-13-15-10-19(29-3)21(31-5)20(11-15)30-4/h6-8,10-12H,1,9,13-14H2,2-5H3,(H,27,28)/t23-/m1/s1. The molecule has 1 N–H and O–H groups in total. The largest absolute Gasteiger partial charge is 0.493 e. The lowest BCUT2D eigenvalue weighted by Crippen LogP contribution is -2.49. The average molecular weight is 484 g/mol. The second kappa shape index (κ2) is 11.3. The summed E-state index contributed by atoms with van der Waals surface area (Å²) in [6, 6.07) is 8.56. The van der Waals surface area contributed by atoms with Crippen LogP contribution in [0.2, 0.25) is 10.0 Å². The number of amides is 1. The molecule has 0 aliphatic heterocycles. The maximum atomic E-state index is 11.9. The molecule has 0 aliphatic carbocycles. The second-order valence-corrected chi connectivity index (χ2v) is 7.84. The van der Waals surface area contributed by atoms with Crippen LogP contribution >= 0.6 is 23.2 Å². The highest BCUT2D eigenvalue weighted by Gasteiger charge is 2.39. The maximum Gasteiger partial charge on any atom is 0.407 e. The monoisotopic (exact) mass is 483 g/mol. The Bertz CT molecular complexity index is 942.